The molecule has 5 heteroatoms. The number of anilines is 1. The Balaban J connectivity index is 2.07. The molecule has 0 fully saturated rings. The van der Waals surface area contributed by atoms with E-state index in [-0.39, 0.29) is 11.9 Å². The van der Waals surface area contributed by atoms with Crippen molar-refractivity contribution in [2.45, 2.75) is 26.8 Å². The minimum Gasteiger partial charge on any atom is -0.349 e. The largest absolute Gasteiger partial charge is 0.349 e. The summed E-state index contributed by atoms with van der Waals surface area (Å²) in [5, 5.41) is 14.5. The van der Waals surface area contributed by atoms with Crippen molar-refractivity contribution in [3.05, 3.63) is 65.7 Å². The Hall–Kier alpha value is -3.13. The Morgan fingerprint density at radius 1 is 1.04 bits per heavy atom. The molecule has 5 nitrogen and oxygen atoms in total. The van der Waals surface area contributed by atoms with Crippen molar-refractivity contribution in [2.24, 2.45) is 5.41 Å². The molecule has 0 saturated heterocycles. The summed E-state index contributed by atoms with van der Waals surface area (Å²) in [5.74, 6) is -0.793. The Bertz CT molecular complexity index is 807. The maximum absolute atomic E-state index is 12.6. The van der Waals surface area contributed by atoms with Gasteiger partial charge in [-0.3, -0.25) is 9.59 Å². The molecule has 0 aliphatic heterocycles. The molecule has 2 aromatic rings. The van der Waals surface area contributed by atoms with Crippen LogP contribution in [0.25, 0.3) is 0 Å². The first-order valence-corrected chi connectivity index (χ1v) is 8.02. The first-order valence-electron chi connectivity index (χ1n) is 8.02. The van der Waals surface area contributed by atoms with Crippen LogP contribution in [0.2, 0.25) is 0 Å². The minimum atomic E-state index is -1.26. The smallest absolute Gasteiger partial charge is 0.239 e. The molecule has 0 aromatic heterocycles. The van der Waals surface area contributed by atoms with Gasteiger partial charge in [0.1, 0.15) is 5.41 Å². The van der Waals surface area contributed by atoms with E-state index in [0.717, 1.165) is 5.56 Å². The number of carbonyl (C=O) groups excluding carboxylic acids is 2. The monoisotopic (exact) mass is 335 g/mol. The van der Waals surface area contributed by atoms with Gasteiger partial charge in [0.05, 0.1) is 17.7 Å². The van der Waals surface area contributed by atoms with Crippen LogP contribution in [0.4, 0.5) is 5.69 Å². The average Bonchev–Trinajstić information content (AvgIpc) is 2.62. The van der Waals surface area contributed by atoms with Gasteiger partial charge in [0, 0.05) is 5.69 Å². The molecule has 1 unspecified atom stereocenters. The van der Waals surface area contributed by atoms with Gasteiger partial charge in [-0.05, 0) is 44.5 Å². The standard InChI is InChI=1S/C20H21N3O2/c1-14(16-9-5-4-6-10-16)22-18(24)20(2,3)19(25)23-17-11-7-8-15(12-17)13-21/h4-12,14H,1-3H3,(H,22,24)(H,23,25). The van der Waals surface area contributed by atoms with Crippen LogP contribution in [-0.2, 0) is 9.59 Å². The first kappa shape index (κ1) is 18.2. The van der Waals surface area contributed by atoms with E-state index in [1.165, 1.54) is 0 Å². The number of nitriles is 1. The molecule has 128 valence electrons. The molecule has 0 spiro atoms. The Kier molecular flexibility index (Phi) is 5.56. The van der Waals surface area contributed by atoms with Gasteiger partial charge in [-0.25, -0.2) is 0 Å². The van der Waals surface area contributed by atoms with E-state index in [1.54, 1.807) is 38.1 Å². The van der Waals surface area contributed by atoms with Crippen molar-refractivity contribution >= 4 is 17.5 Å². The highest BCUT2D eigenvalue weighted by molar-refractivity contribution is 6.10. The summed E-state index contributed by atoms with van der Waals surface area (Å²) in [6.45, 7) is 5.02. The maximum Gasteiger partial charge on any atom is 0.239 e. The van der Waals surface area contributed by atoms with Crippen LogP contribution in [0.5, 0.6) is 0 Å². The fraction of sp³-hybridized carbons (Fsp3) is 0.250. The second kappa shape index (κ2) is 7.63. The molecule has 2 amide bonds. The van der Waals surface area contributed by atoms with Gasteiger partial charge in [0.2, 0.25) is 11.8 Å². The van der Waals surface area contributed by atoms with Crippen LogP contribution in [0.1, 0.15) is 37.9 Å². The predicted octanol–water partition coefficient (Wildman–Crippen LogP) is 3.40. The lowest BCUT2D eigenvalue weighted by atomic mass is 9.90. The average molecular weight is 335 g/mol. The van der Waals surface area contributed by atoms with E-state index in [0.29, 0.717) is 11.3 Å². The number of hydrogen-bond donors (Lipinski definition) is 2. The van der Waals surface area contributed by atoms with Gasteiger partial charge in [0.15, 0.2) is 0 Å². The van der Waals surface area contributed by atoms with Gasteiger partial charge >= 0.3 is 0 Å². The minimum absolute atomic E-state index is 0.206. The zero-order valence-corrected chi connectivity index (χ0v) is 14.5. The molecule has 1 atom stereocenters. The summed E-state index contributed by atoms with van der Waals surface area (Å²) in [5.41, 5.74) is 0.638. The molecule has 0 aliphatic carbocycles. The number of amides is 2. The first-order chi connectivity index (χ1) is 11.8. The van der Waals surface area contributed by atoms with E-state index in [9.17, 15) is 9.59 Å². The number of benzene rings is 2. The molecule has 2 N–H and O–H groups in total. The molecule has 0 heterocycles. The van der Waals surface area contributed by atoms with E-state index < -0.39 is 11.3 Å². The molecule has 2 aromatic carbocycles. The Morgan fingerprint density at radius 2 is 1.72 bits per heavy atom. The lowest BCUT2D eigenvalue weighted by Gasteiger charge is -2.25. The lowest BCUT2D eigenvalue weighted by molar-refractivity contribution is -0.138. The zero-order chi connectivity index (χ0) is 18.4. The highest BCUT2D eigenvalue weighted by atomic mass is 16.2. The summed E-state index contributed by atoms with van der Waals surface area (Å²) in [4.78, 5) is 25.1. The molecule has 2 rings (SSSR count). The fourth-order valence-electron chi connectivity index (χ4n) is 2.26. The van der Waals surface area contributed by atoms with Crippen molar-refractivity contribution in [3.8, 4) is 6.07 Å². The quantitative estimate of drug-likeness (QED) is 0.822. The summed E-state index contributed by atoms with van der Waals surface area (Å²) in [7, 11) is 0. The molecule has 0 bridgehead atoms. The number of rotatable bonds is 5. The van der Waals surface area contributed by atoms with Gasteiger partial charge < -0.3 is 10.6 Å². The molecule has 0 saturated carbocycles. The van der Waals surface area contributed by atoms with Crippen LogP contribution in [-0.4, -0.2) is 11.8 Å². The molecule has 25 heavy (non-hydrogen) atoms. The second-order valence-electron chi connectivity index (χ2n) is 6.38. The van der Waals surface area contributed by atoms with Gasteiger partial charge in [-0.1, -0.05) is 36.4 Å². The van der Waals surface area contributed by atoms with Crippen molar-refractivity contribution < 1.29 is 9.59 Å². The Morgan fingerprint density at radius 3 is 2.36 bits per heavy atom. The number of hydrogen-bond acceptors (Lipinski definition) is 3. The highest BCUT2D eigenvalue weighted by Gasteiger charge is 2.36. The van der Waals surface area contributed by atoms with Crippen molar-refractivity contribution in [1.82, 2.24) is 5.32 Å². The van der Waals surface area contributed by atoms with Crippen LogP contribution in [0.15, 0.2) is 54.6 Å². The second-order valence-corrected chi connectivity index (χ2v) is 6.38. The van der Waals surface area contributed by atoms with Gasteiger partial charge in [-0.2, -0.15) is 5.26 Å². The summed E-state index contributed by atoms with van der Waals surface area (Å²) in [6.07, 6.45) is 0. The third-order valence-electron chi connectivity index (χ3n) is 4.03. The van der Waals surface area contributed by atoms with Gasteiger partial charge in [0.25, 0.3) is 0 Å². The van der Waals surface area contributed by atoms with Crippen molar-refractivity contribution in [2.75, 3.05) is 5.32 Å². The topological polar surface area (TPSA) is 82.0 Å². The van der Waals surface area contributed by atoms with Crippen LogP contribution in [0, 0.1) is 16.7 Å². The van der Waals surface area contributed by atoms with E-state index >= 15 is 0 Å². The number of nitrogens with one attached hydrogen (secondary N) is 2. The van der Waals surface area contributed by atoms with Crippen LogP contribution < -0.4 is 10.6 Å². The van der Waals surface area contributed by atoms with Crippen molar-refractivity contribution in [1.29, 1.82) is 5.26 Å². The van der Waals surface area contributed by atoms with Gasteiger partial charge in [-0.15, -0.1) is 0 Å². The van der Waals surface area contributed by atoms with E-state index in [1.807, 2.05) is 43.3 Å². The summed E-state index contributed by atoms with van der Waals surface area (Å²) >= 11 is 0. The summed E-state index contributed by atoms with van der Waals surface area (Å²) < 4.78 is 0. The number of nitrogens with zero attached hydrogens (tertiary/aromatic N) is 1. The zero-order valence-electron chi connectivity index (χ0n) is 14.5. The van der Waals surface area contributed by atoms with Crippen LogP contribution >= 0.6 is 0 Å². The maximum atomic E-state index is 12.6. The normalized spacial score (nSPS) is 11.9. The third kappa shape index (κ3) is 4.45. The molecule has 0 aliphatic rings. The molecule has 0 radical (unpaired) electrons. The van der Waals surface area contributed by atoms with E-state index in [4.69, 9.17) is 5.26 Å². The van der Waals surface area contributed by atoms with Crippen molar-refractivity contribution in [3.63, 3.8) is 0 Å². The number of carbonyl (C=O) groups is 2. The predicted molar refractivity (Wildman–Crippen MR) is 96.6 cm³/mol. The lowest BCUT2D eigenvalue weighted by Crippen LogP contribution is -2.45. The third-order valence-corrected chi connectivity index (χ3v) is 4.03. The SMILES string of the molecule is CC(NC(=O)C(C)(C)C(=O)Nc1cccc(C#N)c1)c1ccccc1. The Labute approximate surface area is 147 Å². The molecular formula is C20H21N3O2. The summed E-state index contributed by atoms with van der Waals surface area (Å²) in [6, 6.07) is 17.9. The molecular weight excluding hydrogens is 314 g/mol. The van der Waals surface area contributed by atoms with Crippen LogP contribution in [0.3, 0.4) is 0 Å². The van der Waals surface area contributed by atoms with E-state index in [2.05, 4.69) is 10.6 Å². The highest BCUT2D eigenvalue weighted by Crippen LogP contribution is 2.22. The fourth-order valence-corrected chi connectivity index (χ4v) is 2.26.